The Morgan fingerprint density at radius 3 is 2.43 bits per heavy atom. The van der Waals surface area contributed by atoms with Crippen LogP contribution in [0, 0.1) is 0 Å². The fourth-order valence-corrected chi connectivity index (χ4v) is 1.83. The Balaban J connectivity index is 2.25. The van der Waals surface area contributed by atoms with Gasteiger partial charge >= 0.3 is 5.97 Å². The summed E-state index contributed by atoms with van der Waals surface area (Å²) in [6.07, 6.45) is 2.70. The largest absolute Gasteiger partial charge is 0.480 e. The van der Waals surface area contributed by atoms with E-state index in [1.807, 2.05) is 30.3 Å². The number of nitrogens with zero attached hydrogens (tertiary/aromatic N) is 3. The first-order chi connectivity index (χ1) is 10.1. The van der Waals surface area contributed by atoms with Crippen molar-refractivity contribution in [1.82, 2.24) is 14.9 Å². The summed E-state index contributed by atoms with van der Waals surface area (Å²) in [5.41, 5.74) is 6.38. The number of rotatable bonds is 5. The van der Waals surface area contributed by atoms with Gasteiger partial charge in [0.1, 0.15) is 6.54 Å². The molecule has 0 fully saturated rings. The van der Waals surface area contributed by atoms with Crippen molar-refractivity contribution in [3.8, 4) is 0 Å². The predicted molar refractivity (Wildman–Crippen MR) is 75.3 cm³/mol. The van der Waals surface area contributed by atoms with Crippen LogP contribution in [0.2, 0.25) is 0 Å². The molecule has 108 valence electrons. The van der Waals surface area contributed by atoms with E-state index in [9.17, 15) is 9.59 Å². The van der Waals surface area contributed by atoms with Gasteiger partial charge in [-0.1, -0.05) is 30.3 Å². The minimum absolute atomic E-state index is 0.0223. The van der Waals surface area contributed by atoms with Gasteiger partial charge in [0.15, 0.2) is 11.5 Å². The van der Waals surface area contributed by atoms with Crippen LogP contribution in [-0.2, 0) is 11.3 Å². The molecule has 21 heavy (non-hydrogen) atoms. The lowest BCUT2D eigenvalue weighted by atomic mass is 10.2. The van der Waals surface area contributed by atoms with E-state index in [4.69, 9.17) is 10.8 Å². The van der Waals surface area contributed by atoms with Gasteiger partial charge in [-0.3, -0.25) is 9.59 Å². The van der Waals surface area contributed by atoms with Crippen molar-refractivity contribution in [2.75, 3.05) is 12.3 Å². The molecule has 3 N–H and O–H groups in total. The van der Waals surface area contributed by atoms with Gasteiger partial charge in [-0.25, -0.2) is 9.97 Å². The first-order valence-electron chi connectivity index (χ1n) is 6.19. The lowest BCUT2D eigenvalue weighted by Crippen LogP contribution is -2.36. The highest BCUT2D eigenvalue weighted by Crippen LogP contribution is 2.11. The van der Waals surface area contributed by atoms with Gasteiger partial charge < -0.3 is 15.7 Å². The molecule has 2 aromatic rings. The summed E-state index contributed by atoms with van der Waals surface area (Å²) in [6.45, 7) is -0.286. The van der Waals surface area contributed by atoms with Gasteiger partial charge in [-0.05, 0) is 5.56 Å². The number of benzene rings is 1. The Morgan fingerprint density at radius 2 is 1.81 bits per heavy atom. The van der Waals surface area contributed by atoms with Gasteiger partial charge in [0.2, 0.25) is 0 Å². The van der Waals surface area contributed by atoms with Crippen LogP contribution in [0.4, 0.5) is 5.82 Å². The van der Waals surface area contributed by atoms with Crippen molar-refractivity contribution < 1.29 is 14.7 Å². The number of nitrogens with two attached hydrogens (primary N) is 1. The second-order valence-electron chi connectivity index (χ2n) is 4.33. The number of carboxylic acid groups (broad SMARTS) is 1. The summed E-state index contributed by atoms with van der Waals surface area (Å²) >= 11 is 0. The fourth-order valence-electron chi connectivity index (χ4n) is 1.83. The zero-order valence-electron chi connectivity index (χ0n) is 11.1. The molecule has 1 amide bonds. The number of aliphatic carboxylic acids is 1. The van der Waals surface area contributed by atoms with Crippen LogP contribution in [0.15, 0.2) is 42.7 Å². The van der Waals surface area contributed by atoms with Gasteiger partial charge in [0.05, 0.1) is 0 Å². The highest BCUT2D eigenvalue weighted by atomic mass is 16.4. The van der Waals surface area contributed by atoms with Crippen LogP contribution in [0.1, 0.15) is 16.1 Å². The standard InChI is InChI=1S/C14H14N4O3/c15-13-12(16-6-7-17-13)14(21)18(9-11(19)20)8-10-4-2-1-3-5-10/h1-7H,8-9H2,(H2,15,17)(H,19,20). The number of nitrogen functional groups attached to an aromatic ring is 1. The second-order valence-corrected chi connectivity index (χ2v) is 4.33. The molecule has 0 saturated carbocycles. The topological polar surface area (TPSA) is 109 Å². The number of carbonyl (C=O) groups is 2. The van der Waals surface area contributed by atoms with Crippen LogP contribution in [-0.4, -0.2) is 38.4 Å². The SMILES string of the molecule is Nc1nccnc1C(=O)N(CC(=O)O)Cc1ccccc1. The van der Waals surface area contributed by atoms with E-state index in [1.54, 1.807) is 0 Å². The zero-order chi connectivity index (χ0) is 15.2. The normalized spacial score (nSPS) is 10.1. The molecule has 0 aliphatic carbocycles. The predicted octanol–water partition coefficient (Wildman–Crippen LogP) is 0.786. The highest BCUT2D eigenvalue weighted by Gasteiger charge is 2.22. The molecule has 0 bridgehead atoms. The monoisotopic (exact) mass is 286 g/mol. The molecule has 1 aromatic heterocycles. The third-order valence-corrected chi connectivity index (χ3v) is 2.76. The van der Waals surface area contributed by atoms with Gasteiger partial charge in [-0.15, -0.1) is 0 Å². The van der Waals surface area contributed by atoms with Crippen LogP contribution in [0.3, 0.4) is 0 Å². The van der Waals surface area contributed by atoms with E-state index in [0.29, 0.717) is 0 Å². The molecule has 0 radical (unpaired) electrons. The van der Waals surface area contributed by atoms with E-state index in [0.717, 1.165) is 10.5 Å². The van der Waals surface area contributed by atoms with Crippen LogP contribution >= 0.6 is 0 Å². The number of carboxylic acids is 1. The minimum atomic E-state index is -1.11. The molecule has 0 atom stereocenters. The van der Waals surface area contributed by atoms with Crippen molar-refractivity contribution in [2.45, 2.75) is 6.54 Å². The van der Waals surface area contributed by atoms with Crippen molar-refractivity contribution in [3.05, 3.63) is 54.0 Å². The average molecular weight is 286 g/mol. The third-order valence-electron chi connectivity index (χ3n) is 2.76. The van der Waals surface area contributed by atoms with Gasteiger partial charge in [0, 0.05) is 18.9 Å². The number of hydrogen-bond acceptors (Lipinski definition) is 5. The molecular weight excluding hydrogens is 272 g/mol. The Hall–Kier alpha value is -2.96. The van der Waals surface area contributed by atoms with Crippen molar-refractivity contribution in [3.63, 3.8) is 0 Å². The fraction of sp³-hybridized carbons (Fsp3) is 0.143. The molecule has 0 aliphatic rings. The molecule has 0 aliphatic heterocycles. The summed E-state index contributed by atoms with van der Waals surface area (Å²) < 4.78 is 0. The molecule has 0 unspecified atom stereocenters. The Bertz CT molecular complexity index is 646. The van der Waals surface area contributed by atoms with Crippen molar-refractivity contribution >= 4 is 17.7 Å². The first-order valence-corrected chi connectivity index (χ1v) is 6.19. The second kappa shape index (κ2) is 6.47. The van der Waals surface area contributed by atoms with E-state index < -0.39 is 18.4 Å². The maximum atomic E-state index is 12.4. The van der Waals surface area contributed by atoms with E-state index >= 15 is 0 Å². The summed E-state index contributed by atoms with van der Waals surface area (Å²) in [5, 5.41) is 8.97. The van der Waals surface area contributed by atoms with Gasteiger partial charge in [-0.2, -0.15) is 0 Å². The quantitative estimate of drug-likeness (QED) is 0.840. The Labute approximate surface area is 121 Å². The van der Waals surface area contributed by atoms with Crippen molar-refractivity contribution in [1.29, 1.82) is 0 Å². The van der Waals surface area contributed by atoms with E-state index in [1.165, 1.54) is 12.4 Å². The number of aromatic nitrogens is 2. The lowest BCUT2D eigenvalue weighted by Gasteiger charge is -2.20. The lowest BCUT2D eigenvalue weighted by molar-refractivity contribution is -0.137. The third kappa shape index (κ3) is 3.75. The van der Waals surface area contributed by atoms with E-state index in [-0.39, 0.29) is 18.1 Å². The van der Waals surface area contributed by atoms with Gasteiger partial charge in [0.25, 0.3) is 5.91 Å². The molecule has 1 aromatic carbocycles. The molecule has 0 spiro atoms. The summed E-state index contributed by atoms with van der Waals surface area (Å²) in [7, 11) is 0. The maximum Gasteiger partial charge on any atom is 0.323 e. The molecule has 1 heterocycles. The summed E-state index contributed by atoms with van der Waals surface area (Å²) in [6, 6.07) is 9.09. The number of carbonyl (C=O) groups excluding carboxylic acids is 1. The molecular formula is C14H14N4O3. The minimum Gasteiger partial charge on any atom is -0.480 e. The van der Waals surface area contributed by atoms with E-state index in [2.05, 4.69) is 9.97 Å². The van der Waals surface area contributed by atoms with Crippen LogP contribution in [0.5, 0.6) is 0 Å². The van der Waals surface area contributed by atoms with Crippen molar-refractivity contribution in [2.24, 2.45) is 0 Å². The number of anilines is 1. The summed E-state index contributed by atoms with van der Waals surface area (Å²) in [5.74, 6) is -1.69. The molecule has 7 nitrogen and oxygen atoms in total. The zero-order valence-corrected chi connectivity index (χ0v) is 11.1. The molecule has 7 heteroatoms. The smallest absolute Gasteiger partial charge is 0.323 e. The summed E-state index contributed by atoms with van der Waals surface area (Å²) in [4.78, 5) is 32.2. The van der Waals surface area contributed by atoms with Crippen LogP contribution < -0.4 is 5.73 Å². The molecule has 2 rings (SSSR count). The molecule has 0 saturated heterocycles. The Kier molecular flexibility index (Phi) is 4.45. The average Bonchev–Trinajstić information content (AvgIpc) is 2.47. The maximum absolute atomic E-state index is 12.4. The number of hydrogen-bond donors (Lipinski definition) is 2. The number of amides is 1. The Morgan fingerprint density at radius 1 is 1.14 bits per heavy atom. The first kappa shape index (κ1) is 14.4. The highest BCUT2D eigenvalue weighted by molar-refractivity contribution is 5.97. The van der Waals surface area contributed by atoms with Crippen LogP contribution in [0.25, 0.3) is 0 Å².